The van der Waals surface area contributed by atoms with Crippen LogP contribution >= 0.6 is 0 Å². The van der Waals surface area contributed by atoms with Gasteiger partial charge in [0.15, 0.2) is 0 Å². The molecule has 0 aliphatic carbocycles. The minimum absolute atomic E-state index is 0.264. The van der Waals surface area contributed by atoms with Crippen molar-refractivity contribution in [1.29, 1.82) is 0 Å². The maximum absolute atomic E-state index is 12.9. The van der Waals surface area contributed by atoms with Gasteiger partial charge in [0.1, 0.15) is 0 Å². The number of nitrogens with zero attached hydrogens (tertiary/aromatic N) is 3. The van der Waals surface area contributed by atoms with Crippen LogP contribution in [0.4, 0.5) is 0 Å². The average molecular weight is 530 g/mol. The number of carbonyl (C=O) groups is 2. The van der Waals surface area contributed by atoms with E-state index in [4.69, 9.17) is 0 Å². The number of hydrogen-bond donors (Lipinski definition) is 0. The van der Waals surface area contributed by atoms with Gasteiger partial charge in [-0.05, 0) is 63.2 Å². The Kier molecular flexibility index (Phi) is 10.1. The van der Waals surface area contributed by atoms with Gasteiger partial charge in [0.25, 0.3) is 11.8 Å². The fourth-order valence-electron chi connectivity index (χ4n) is 4.50. The summed E-state index contributed by atoms with van der Waals surface area (Å²) in [6, 6.07) is 25.7. The Morgan fingerprint density at radius 1 is 0.700 bits per heavy atom. The largest absolute Gasteiger partial charge is 0.308 e. The summed E-state index contributed by atoms with van der Waals surface area (Å²) in [6.45, 7) is 15.8. The molecular weight excluding hydrogens is 494 g/mol. The van der Waals surface area contributed by atoms with Crippen LogP contribution in [0.25, 0.3) is 38.8 Å². The second-order valence-electron chi connectivity index (χ2n) is 8.89. The average Bonchev–Trinajstić information content (AvgIpc) is 3.41. The van der Waals surface area contributed by atoms with Gasteiger partial charge in [-0.1, -0.05) is 54.6 Å². The molecule has 1 aliphatic heterocycles. The summed E-state index contributed by atoms with van der Waals surface area (Å²) < 4.78 is 2.08. The van der Waals surface area contributed by atoms with Crippen LogP contribution in [-0.2, 0) is 0 Å². The zero-order chi connectivity index (χ0) is 29.2. The Morgan fingerprint density at radius 3 is 1.98 bits per heavy atom. The van der Waals surface area contributed by atoms with Gasteiger partial charge in [0, 0.05) is 29.6 Å². The van der Waals surface area contributed by atoms with Crippen LogP contribution in [0.1, 0.15) is 41.5 Å². The molecule has 1 aliphatic rings. The molecule has 0 unspecified atom stereocenters. The third-order valence-corrected chi connectivity index (χ3v) is 5.97. The Labute approximate surface area is 236 Å². The van der Waals surface area contributed by atoms with E-state index in [1.54, 1.807) is 30.5 Å². The fourth-order valence-corrected chi connectivity index (χ4v) is 4.50. The van der Waals surface area contributed by atoms with Crippen LogP contribution in [0.2, 0.25) is 0 Å². The number of allylic oxidation sites excluding steroid dienone is 3. The lowest BCUT2D eigenvalue weighted by Gasteiger charge is -2.12. The van der Waals surface area contributed by atoms with E-state index in [-0.39, 0.29) is 11.8 Å². The predicted molar refractivity (Wildman–Crippen MR) is 168 cm³/mol. The molecule has 0 saturated carbocycles. The van der Waals surface area contributed by atoms with Crippen molar-refractivity contribution in [3.8, 4) is 16.9 Å². The fraction of sp³-hybridized carbons (Fsp3) is 0.114. The van der Waals surface area contributed by atoms with E-state index in [1.807, 2.05) is 75.4 Å². The van der Waals surface area contributed by atoms with Crippen LogP contribution in [-0.4, -0.2) is 33.3 Å². The van der Waals surface area contributed by atoms with Crippen LogP contribution in [0.15, 0.2) is 123 Å². The molecule has 0 bridgehead atoms. The molecule has 0 radical (unpaired) electrons. The van der Waals surface area contributed by atoms with Crippen molar-refractivity contribution >= 4 is 33.6 Å². The van der Waals surface area contributed by atoms with Gasteiger partial charge in [-0.15, -0.1) is 19.7 Å². The summed E-state index contributed by atoms with van der Waals surface area (Å²) in [5.41, 5.74) is 5.51. The highest BCUT2D eigenvalue weighted by atomic mass is 16.2. The summed E-state index contributed by atoms with van der Waals surface area (Å²) in [4.78, 5) is 31.1. The van der Waals surface area contributed by atoms with Crippen LogP contribution in [0.3, 0.4) is 0 Å². The standard InChI is InChI=1S/C26H17N3O2.3C3H6/c1-28-25(30)18-8-6-11-23(24(18)26(28)31)29-21-10-3-2-7-17(21)19-15-16(12-13-22(19)29)20-9-4-5-14-27-20;3*1-3-2/h2-15H,1H3;3*3H,1H2,2H3. The van der Waals surface area contributed by atoms with Gasteiger partial charge in [0.05, 0.1) is 33.5 Å². The van der Waals surface area contributed by atoms with E-state index in [0.717, 1.165) is 38.8 Å². The van der Waals surface area contributed by atoms with Crippen LogP contribution in [0, 0.1) is 0 Å². The van der Waals surface area contributed by atoms with E-state index in [2.05, 4.69) is 47.5 Å². The number of imide groups is 1. The minimum atomic E-state index is -0.272. The second-order valence-corrected chi connectivity index (χ2v) is 8.89. The third-order valence-electron chi connectivity index (χ3n) is 5.97. The lowest BCUT2D eigenvalue weighted by atomic mass is 10.1. The molecule has 0 spiro atoms. The molecule has 0 saturated heterocycles. The molecule has 2 amide bonds. The monoisotopic (exact) mass is 529 g/mol. The number of amides is 2. The first-order chi connectivity index (χ1) is 19.4. The van der Waals surface area contributed by atoms with Crippen LogP contribution in [0.5, 0.6) is 0 Å². The Morgan fingerprint density at radius 2 is 1.32 bits per heavy atom. The molecule has 0 N–H and O–H groups in total. The first kappa shape index (κ1) is 29.5. The van der Waals surface area contributed by atoms with Gasteiger partial charge in [0.2, 0.25) is 0 Å². The predicted octanol–water partition coefficient (Wildman–Crippen LogP) is 8.65. The molecule has 40 heavy (non-hydrogen) atoms. The maximum Gasteiger partial charge on any atom is 0.263 e. The number of fused-ring (bicyclic) bond motifs is 4. The van der Waals surface area contributed by atoms with Crippen molar-refractivity contribution in [2.24, 2.45) is 0 Å². The normalized spacial score (nSPS) is 11.3. The van der Waals surface area contributed by atoms with Crippen molar-refractivity contribution < 1.29 is 9.59 Å². The van der Waals surface area contributed by atoms with Crippen LogP contribution < -0.4 is 0 Å². The van der Waals surface area contributed by atoms with Gasteiger partial charge in [-0.2, -0.15) is 0 Å². The van der Waals surface area contributed by atoms with Crippen molar-refractivity contribution in [2.45, 2.75) is 20.8 Å². The lowest BCUT2D eigenvalue weighted by molar-refractivity contribution is 0.0693. The van der Waals surface area contributed by atoms with Crippen molar-refractivity contribution in [3.05, 3.63) is 134 Å². The highest BCUT2D eigenvalue weighted by molar-refractivity contribution is 6.23. The highest BCUT2D eigenvalue weighted by Crippen LogP contribution is 2.37. The summed E-state index contributed by atoms with van der Waals surface area (Å²) in [7, 11) is 1.53. The summed E-state index contributed by atoms with van der Waals surface area (Å²) >= 11 is 0. The SMILES string of the molecule is C=CC.C=CC.C=CC.CN1C(=O)c2cccc(-n3c4ccccc4c4cc(-c5ccccn5)ccc43)c2C1=O. The van der Waals surface area contributed by atoms with E-state index in [1.165, 1.54) is 11.9 Å². The van der Waals surface area contributed by atoms with E-state index < -0.39 is 0 Å². The lowest BCUT2D eigenvalue weighted by Crippen LogP contribution is -2.24. The van der Waals surface area contributed by atoms with Gasteiger partial charge < -0.3 is 4.57 Å². The topological polar surface area (TPSA) is 55.2 Å². The quantitative estimate of drug-likeness (QED) is 0.170. The molecule has 6 rings (SSSR count). The number of rotatable bonds is 2. The molecule has 0 fully saturated rings. The Hall–Kier alpha value is -5.03. The highest BCUT2D eigenvalue weighted by Gasteiger charge is 2.35. The van der Waals surface area contributed by atoms with Crippen molar-refractivity contribution in [1.82, 2.24) is 14.5 Å². The smallest absolute Gasteiger partial charge is 0.263 e. The third kappa shape index (κ3) is 5.69. The zero-order valence-electron chi connectivity index (χ0n) is 23.6. The first-order valence-electron chi connectivity index (χ1n) is 13.0. The van der Waals surface area contributed by atoms with Crippen molar-refractivity contribution in [3.63, 3.8) is 0 Å². The Bertz CT molecular complexity index is 1670. The van der Waals surface area contributed by atoms with E-state index in [0.29, 0.717) is 11.1 Å². The second kappa shape index (κ2) is 13.7. The molecule has 3 heterocycles. The number of pyridine rings is 1. The van der Waals surface area contributed by atoms with Gasteiger partial charge in [-0.3, -0.25) is 19.5 Å². The first-order valence-corrected chi connectivity index (χ1v) is 13.0. The summed E-state index contributed by atoms with van der Waals surface area (Å²) in [5.74, 6) is -0.535. The van der Waals surface area contributed by atoms with Crippen molar-refractivity contribution in [2.75, 3.05) is 7.05 Å². The van der Waals surface area contributed by atoms with Gasteiger partial charge >= 0.3 is 0 Å². The van der Waals surface area contributed by atoms with E-state index >= 15 is 0 Å². The molecule has 202 valence electrons. The molecule has 0 atom stereocenters. The maximum atomic E-state index is 12.9. The number of benzene rings is 3. The Balaban J connectivity index is 0.000000437. The molecule has 5 aromatic rings. The summed E-state index contributed by atoms with van der Waals surface area (Å²) in [6.07, 6.45) is 7.04. The number of carbonyl (C=O) groups excluding carboxylic acids is 2. The molecule has 5 nitrogen and oxygen atoms in total. The number of aromatic nitrogens is 2. The molecule has 2 aromatic heterocycles. The molecule has 5 heteroatoms. The molecule has 3 aromatic carbocycles. The minimum Gasteiger partial charge on any atom is -0.308 e. The number of para-hydroxylation sites is 1. The zero-order valence-corrected chi connectivity index (χ0v) is 23.6. The van der Waals surface area contributed by atoms with Gasteiger partial charge in [-0.25, -0.2) is 0 Å². The molecular formula is C35H35N3O2. The van der Waals surface area contributed by atoms with E-state index in [9.17, 15) is 9.59 Å². The summed E-state index contributed by atoms with van der Waals surface area (Å²) in [5, 5.41) is 2.15. The number of hydrogen-bond acceptors (Lipinski definition) is 3.